The fourth-order valence-electron chi connectivity index (χ4n) is 1.59. The van der Waals surface area contributed by atoms with Crippen molar-refractivity contribution in [3.8, 4) is 0 Å². The van der Waals surface area contributed by atoms with Gasteiger partial charge in [0.15, 0.2) is 4.34 Å². The minimum absolute atomic E-state index is 0.818. The Morgan fingerprint density at radius 1 is 1.57 bits per heavy atom. The van der Waals surface area contributed by atoms with Crippen LogP contribution >= 0.6 is 23.1 Å². The molecule has 78 valence electrons. The summed E-state index contributed by atoms with van der Waals surface area (Å²) >= 11 is 3.55. The number of nitrogens with zero attached hydrogens (tertiary/aromatic N) is 2. The van der Waals surface area contributed by atoms with Gasteiger partial charge >= 0.3 is 0 Å². The van der Waals surface area contributed by atoms with Gasteiger partial charge in [-0.2, -0.15) is 0 Å². The van der Waals surface area contributed by atoms with E-state index in [2.05, 4.69) is 15.5 Å². The molecule has 3 nitrogen and oxygen atoms in total. The highest BCUT2D eigenvalue weighted by molar-refractivity contribution is 8.01. The second-order valence-electron chi connectivity index (χ2n) is 3.61. The van der Waals surface area contributed by atoms with Gasteiger partial charge in [0.2, 0.25) is 0 Å². The summed E-state index contributed by atoms with van der Waals surface area (Å²) in [6.45, 7) is 4.37. The van der Waals surface area contributed by atoms with Gasteiger partial charge in [0, 0.05) is 5.75 Å². The fourth-order valence-corrected chi connectivity index (χ4v) is 3.57. The van der Waals surface area contributed by atoms with Gasteiger partial charge in [0.05, 0.1) is 0 Å². The van der Waals surface area contributed by atoms with Crippen LogP contribution in [0.3, 0.4) is 0 Å². The SMILES string of the molecule is Cc1nnc(SC[C@H]2CCCNC2)s1. The van der Waals surface area contributed by atoms with Crippen molar-refractivity contribution in [3.05, 3.63) is 5.01 Å². The predicted molar refractivity (Wildman–Crippen MR) is 61.0 cm³/mol. The molecule has 0 radical (unpaired) electrons. The third kappa shape index (κ3) is 2.93. The number of aryl methyl sites for hydroxylation is 1. The molecule has 0 unspecified atom stereocenters. The van der Waals surface area contributed by atoms with E-state index in [4.69, 9.17) is 0 Å². The number of rotatable bonds is 3. The van der Waals surface area contributed by atoms with Crippen molar-refractivity contribution in [2.24, 2.45) is 5.92 Å². The maximum absolute atomic E-state index is 4.11. The quantitative estimate of drug-likeness (QED) is 0.804. The van der Waals surface area contributed by atoms with E-state index in [0.29, 0.717) is 0 Å². The van der Waals surface area contributed by atoms with Crippen molar-refractivity contribution in [3.63, 3.8) is 0 Å². The second kappa shape index (κ2) is 5.09. The molecule has 5 heteroatoms. The minimum Gasteiger partial charge on any atom is -0.316 e. The highest BCUT2D eigenvalue weighted by atomic mass is 32.2. The van der Waals surface area contributed by atoms with E-state index in [1.54, 1.807) is 11.3 Å². The maximum atomic E-state index is 4.11. The maximum Gasteiger partial charge on any atom is 0.174 e. The lowest BCUT2D eigenvalue weighted by Crippen LogP contribution is -2.30. The van der Waals surface area contributed by atoms with Crippen molar-refractivity contribution < 1.29 is 0 Å². The van der Waals surface area contributed by atoms with Crippen LogP contribution in [0.5, 0.6) is 0 Å². The van der Waals surface area contributed by atoms with Gasteiger partial charge in [-0.05, 0) is 38.8 Å². The first-order valence-corrected chi connectivity index (χ1v) is 6.78. The monoisotopic (exact) mass is 229 g/mol. The standard InChI is InChI=1S/C9H15N3S2/c1-7-11-12-9(14-7)13-6-8-3-2-4-10-5-8/h8,10H,2-6H2,1H3/t8-/m0/s1. The molecule has 0 spiro atoms. The highest BCUT2D eigenvalue weighted by Crippen LogP contribution is 2.25. The molecular formula is C9H15N3S2. The minimum atomic E-state index is 0.818. The van der Waals surface area contributed by atoms with E-state index >= 15 is 0 Å². The zero-order valence-corrected chi connectivity index (χ0v) is 9.96. The van der Waals surface area contributed by atoms with Gasteiger partial charge < -0.3 is 5.32 Å². The molecule has 0 saturated carbocycles. The number of hydrogen-bond donors (Lipinski definition) is 1. The second-order valence-corrected chi connectivity index (χ2v) is 6.06. The normalized spacial score (nSPS) is 22.5. The molecule has 14 heavy (non-hydrogen) atoms. The Balaban J connectivity index is 1.76. The molecule has 0 aliphatic carbocycles. The summed E-state index contributed by atoms with van der Waals surface area (Å²) < 4.78 is 1.12. The number of hydrogen-bond acceptors (Lipinski definition) is 5. The molecule has 0 bridgehead atoms. The molecule has 2 heterocycles. The predicted octanol–water partition coefficient (Wildman–Crippen LogP) is 1.94. The van der Waals surface area contributed by atoms with Crippen LogP contribution in [-0.4, -0.2) is 29.0 Å². The van der Waals surface area contributed by atoms with Gasteiger partial charge in [0.1, 0.15) is 5.01 Å². The average Bonchev–Trinajstić information content (AvgIpc) is 2.63. The van der Waals surface area contributed by atoms with Crippen molar-refractivity contribution in [2.75, 3.05) is 18.8 Å². The van der Waals surface area contributed by atoms with Crippen LogP contribution in [0.2, 0.25) is 0 Å². The van der Waals surface area contributed by atoms with Crippen molar-refractivity contribution in [1.29, 1.82) is 0 Å². The first-order valence-electron chi connectivity index (χ1n) is 4.98. The highest BCUT2D eigenvalue weighted by Gasteiger charge is 2.13. The van der Waals surface area contributed by atoms with Crippen LogP contribution in [-0.2, 0) is 0 Å². The molecule has 1 saturated heterocycles. The van der Waals surface area contributed by atoms with Gasteiger partial charge in [0.25, 0.3) is 0 Å². The number of piperidine rings is 1. The summed E-state index contributed by atoms with van der Waals surface area (Å²) in [5.41, 5.74) is 0. The summed E-state index contributed by atoms with van der Waals surface area (Å²) in [4.78, 5) is 0. The summed E-state index contributed by atoms with van der Waals surface area (Å²) in [6, 6.07) is 0. The molecule has 2 rings (SSSR count). The van der Waals surface area contributed by atoms with Crippen molar-refractivity contribution >= 4 is 23.1 Å². The average molecular weight is 229 g/mol. The third-order valence-electron chi connectivity index (χ3n) is 2.35. The van der Waals surface area contributed by atoms with E-state index in [1.807, 2.05) is 18.7 Å². The molecule has 1 N–H and O–H groups in total. The molecule has 0 aromatic carbocycles. The first kappa shape index (κ1) is 10.4. The van der Waals surface area contributed by atoms with E-state index in [1.165, 1.54) is 31.7 Å². The number of aromatic nitrogens is 2. The lowest BCUT2D eigenvalue weighted by Gasteiger charge is -2.21. The zero-order chi connectivity index (χ0) is 9.80. The van der Waals surface area contributed by atoms with Gasteiger partial charge in [-0.15, -0.1) is 10.2 Å². The summed E-state index contributed by atoms with van der Waals surface area (Å²) in [6.07, 6.45) is 2.68. The molecule has 1 fully saturated rings. The topological polar surface area (TPSA) is 37.8 Å². The van der Waals surface area contributed by atoms with Crippen molar-refractivity contribution in [1.82, 2.24) is 15.5 Å². The third-order valence-corrected chi connectivity index (χ3v) is 4.55. The molecule has 1 atom stereocenters. The zero-order valence-electron chi connectivity index (χ0n) is 8.32. The van der Waals surface area contributed by atoms with E-state index in [0.717, 1.165) is 15.3 Å². The Bertz CT molecular complexity index is 281. The van der Waals surface area contributed by atoms with E-state index in [9.17, 15) is 0 Å². The molecule has 1 aliphatic heterocycles. The Kier molecular flexibility index (Phi) is 3.78. The van der Waals surface area contributed by atoms with Crippen LogP contribution < -0.4 is 5.32 Å². The number of thioether (sulfide) groups is 1. The Morgan fingerprint density at radius 3 is 3.14 bits per heavy atom. The fraction of sp³-hybridized carbons (Fsp3) is 0.778. The van der Waals surface area contributed by atoms with Gasteiger partial charge in [-0.1, -0.05) is 23.1 Å². The first-order chi connectivity index (χ1) is 6.84. The molecular weight excluding hydrogens is 214 g/mol. The van der Waals surface area contributed by atoms with Crippen molar-refractivity contribution in [2.45, 2.75) is 24.1 Å². The lowest BCUT2D eigenvalue weighted by atomic mass is 10.0. The van der Waals surface area contributed by atoms with E-state index in [-0.39, 0.29) is 0 Å². The Labute approximate surface area is 92.7 Å². The Hall–Kier alpha value is -0.130. The van der Waals surface area contributed by atoms with Crippen LogP contribution in [0.25, 0.3) is 0 Å². The van der Waals surface area contributed by atoms with Gasteiger partial charge in [-0.3, -0.25) is 0 Å². The van der Waals surface area contributed by atoms with Crippen LogP contribution in [0.15, 0.2) is 4.34 Å². The largest absolute Gasteiger partial charge is 0.316 e. The van der Waals surface area contributed by atoms with Crippen LogP contribution in [0.4, 0.5) is 0 Å². The summed E-state index contributed by atoms with van der Waals surface area (Å²) in [5.74, 6) is 2.00. The van der Waals surface area contributed by atoms with Crippen LogP contribution in [0.1, 0.15) is 17.8 Å². The summed E-state index contributed by atoms with van der Waals surface area (Å²) in [5, 5.41) is 12.6. The van der Waals surface area contributed by atoms with Crippen LogP contribution in [0, 0.1) is 12.8 Å². The van der Waals surface area contributed by atoms with E-state index < -0.39 is 0 Å². The smallest absolute Gasteiger partial charge is 0.174 e. The molecule has 1 aliphatic rings. The molecule has 1 aromatic heterocycles. The summed E-state index contributed by atoms with van der Waals surface area (Å²) in [7, 11) is 0. The lowest BCUT2D eigenvalue weighted by molar-refractivity contribution is 0.410. The van der Waals surface area contributed by atoms with Gasteiger partial charge in [-0.25, -0.2) is 0 Å². The molecule has 1 aromatic rings. The Morgan fingerprint density at radius 2 is 2.50 bits per heavy atom. The molecule has 0 amide bonds. The number of nitrogens with one attached hydrogen (secondary N) is 1.